The zero-order valence-corrected chi connectivity index (χ0v) is 11.2. The number of rotatable bonds is 5. The van der Waals surface area contributed by atoms with E-state index in [1.54, 1.807) is 23.5 Å². The fourth-order valence-electron chi connectivity index (χ4n) is 1.57. The average molecular weight is 266 g/mol. The highest BCUT2D eigenvalue weighted by Crippen LogP contribution is 2.28. The molecule has 1 aromatic carbocycles. The summed E-state index contributed by atoms with van der Waals surface area (Å²) in [5.74, 6) is -0.110. The number of benzene rings is 1. The number of halogens is 1. The van der Waals surface area contributed by atoms with Crippen LogP contribution in [0.5, 0.6) is 5.75 Å². The molecule has 0 aliphatic heterocycles. The molecule has 2 rings (SSSR count). The summed E-state index contributed by atoms with van der Waals surface area (Å²) in [4.78, 5) is 4.50. The van der Waals surface area contributed by atoms with Crippen molar-refractivity contribution in [1.29, 1.82) is 0 Å². The van der Waals surface area contributed by atoms with E-state index in [9.17, 15) is 4.39 Å². The van der Waals surface area contributed by atoms with Gasteiger partial charge in [0.1, 0.15) is 5.01 Å². The maximum absolute atomic E-state index is 13.3. The molecule has 2 aromatic rings. The Labute approximate surface area is 110 Å². The van der Waals surface area contributed by atoms with Gasteiger partial charge in [-0.25, -0.2) is 9.37 Å². The van der Waals surface area contributed by atoms with Crippen molar-refractivity contribution in [3.05, 3.63) is 35.1 Å². The van der Waals surface area contributed by atoms with Crippen LogP contribution in [0.25, 0.3) is 10.6 Å². The zero-order valence-electron chi connectivity index (χ0n) is 10.4. The predicted molar refractivity (Wildman–Crippen MR) is 71.4 cm³/mol. The number of hydrogen-bond donors (Lipinski definition) is 1. The van der Waals surface area contributed by atoms with Crippen LogP contribution < -0.4 is 10.1 Å². The molecular formula is C13H15FN2OS. The minimum atomic E-state index is -0.356. The van der Waals surface area contributed by atoms with E-state index in [0.29, 0.717) is 0 Å². The van der Waals surface area contributed by atoms with Gasteiger partial charge >= 0.3 is 0 Å². The van der Waals surface area contributed by atoms with Crippen molar-refractivity contribution in [3.63, 3.8) is 0 Å². The highest BCUT2D eigenvalue weighted by molar-refractivity contribution is 7.13. The molecule has 0 atom stereocenters. The first-order valence-corrected chi connectivity index (χ1v) is 6.61. The molecule has 0 fully saturated rings. The lowest BCUT2D eigenvalue weighted by molar-refractivity contribution is 0.387. The summed E-state index contributed by atoms with van der Waals surface area (Å²) in [7, 11) is 1.46. The molecule has 1 heterocycles. The summed E-state index contributed by atoms with van der Waals surface area (Å²) in [5, 5.41) is 6.10. The largest absolute Gasteiger partial charge is 0.494 e. The molecule has 0 bridgehead atoms. The van der Waals surface area contributed by atoms with Crippen molar-refractivity contribution >= 4 is 11.3 Å². The van der Waals surface area contributed by atoms with E-state index in [1.807, 2.05) is 5.38 Å². The Morgan fingerprint density at radius 2 is 2.28 bits per heavy atom. The molecule has 0 saturated carbocycles. The summed E-state index contributed by atoms with van der Waals surface area (Å²) in [6, 6.07) is 4.79. The van der Waals surface area contributed by atoms with Crippen molar-refractivity contribution in [2.24, 2.45) is 0 Å². The topological polar surface area (TPSA) is 34.1 Å². The first-order valence-electron chi connectivity index (χ1n) is 5.73. The maximum atomic E-state index is 13.3. The minimum Gasteiger partial charge on any atom is -0.494 e. The van der Waals surface area contributed by atoms with Crippen molar-refractivity contribution in [3.8, 4) is 16.3 Å². The van der Waals surface area contributed by atoms with Crippen LogP contribution >= 0.6 is 11.3 Å². The SMILES string of the molecule is CCNCc1csc(-c2ccc(F)c(OC)c2)n1. The first-order chi connectivity index (χ1) is 8.74. The standard InChI is InChI=1S/C13H15FN2OS/c1-3-15-7-10-8-18-13(16-10)9-4-5-11(14)12(6-9)17-2/h4-6,8,15H,3,7H2,1-2H3. The summed E-state index contributed by atoms with van der Waals surface area (Å²) >= 11 is 1.55. The van der Waals surface area contributed by atoms with Gasteiger partial charge in [0.25, 0.3) is 0 Å². The van der Waals surface area contributed by atoms with Gasteiger partial charge in [0.2, 0.25) is 0 Å². The van der Waals surface area contributed by atoms with Crippen molar-refractivity contribution in [2.75, 3.05) is 13.7 Å². The Bertz CT molecular complexity index is 527. The molecule has 3 nitrogen and oxygen atoms in total. The summed E-state index contributed by atoms with van der Waals surface area (Å²) in [6.45, 7) is 3.72. The van der Waals surface area contributed by atoms with Gasteiger partial charge in [-0.15, -0.1) is 11.3 Å². The van der Waals surface area contributed by atoms with Crippen molar-refractivity contribution in [2.45, 2.75) is 13.5 Å². The highest BCUT2D eigenvalue weighted by Gasteiger charge is 2.08. The molecule has 18 heavy (non-hydrogen) atoms. The molecule has 0 saturated heterocycles. The Balaban J connectivity index is 2.23. The van der Waals surface area contributed by atoms with Crippen molar-refractivity contribution in [1.82, 2.24) is 10.3 Å². The van der Waals surface area contributed by atoms with E-state index in [4.69, 9.17) is 4.74 Å². The summed E-state index contributed by atoms with van der Waals surface area (Å²) < 4.78 is 18.3. The predicted octanol–water partition coefficient (Wildman–Crippen LogP) is 3.07. The van der Waals surface area contributed by atoms with Crippen LogP contribution in [0, 0.1) is 5.82 Å². The summed E-state index contributed by atoms with van der Waals surface area (Å²) in [5.41, 5.74) is 1.88. The van der Waals surface area contributed by atoms with Crippen LogP contribution in [0.4, 0.5) is 4.39 Å². The summed E-state index contributed by atoms with van der Waals surface area (Å²) in [6.07, 6.45) is 0. The van der Waals surface area contributed by atoms with Crippen LogP contribution in [0.3, 0.4) is 0 Å². The molecule has 0 spiro atoms. The van der Waals surface area contributed by atoms with Gasteiger partial charge in [-0.05, 0) is 24.7 Å². The first kappa shape index (κ1) is 13.0. The van der Waals surface area contributed by atoms with Gasteiger partial charge in [-0.2, -0.15) is 0 Å². The van der Waals surface area contributed by atoms with E-state index >= 15 is 0 Å². The molecule has 0 aliphatic rings. The normalized spacial score (nSPS) is 10.6. The van der Waals surface area contributed by atoms with Crippen molar-refractivity contribution < 1.29 is 9.13 Å². The second-order valence-electron chi connectivity index (χ2n) is 3.77. The number of thiazole rings is 1. The molecule has 1 aromatic heterocycles. The fourth-order valence-corrected chi connectivity index (χ4v) is 2.38. The van der Waals surface area contributed by atoms with E-state index in [2.05, 4.69) is 17.2 Å². The van der Waals surface area contributed by atoms with Gasteiger partial charge in [0.05, 0.1) is 12.8 Å². The van der Waals surface area contributed by atoms with Gasteiger partial charge in [0, 0.05) is 17.5 Å². The molecule has 0 radical (unpaired) electrons. The lowest BCUT2D eigenvalue weighted by Crippen LogP contribution is -2.11. The van der Waals surface area contributed by atoms with E-state index in [-0.39, 0.29) is 11.6 Å². The van der Waals surface area contributed by atoms with E-state index in [0.717, 1.165) is 29.4 Å². The third-order valence-electron chi connectivity index (χ3n) is 2.51. The lowest BCUT2D eigenvalue weighted by atomic mass is 10.2. The van der Waals surface area contributed by atoms with Gasteiger partial charge < -0.3 is 10.1 Å². The monoisotopic (exact) mass is 266 g/mol. The zero-order chi connectivity index (χ0) is 13.0. The lowest BCUT2D eigenvalue weighted by Gasteiger charge is -2.03. The molecule has 96 valence electrons. The van der Waals surface area contributed by atoms with Gasteiger partial charge in [0.15, 0.2) is 11.6 Å². The molecule has 0 amide bonds. The number of aromatic nitrogens is 1. The van der Waals surface area contributed by atoms with Crippen LogP contribution in [0.2, 0.25) is 0 Å². The Morgan fingerprint density at radius 1 is 1.44 bits per heavy atom. The van der Waals surface area contributed by atoms with Crippen LogP contribution in [-0.4, -0.2) is 18.6 Å². The Kier molecular flexibility index (Phi) is 4.28. The Morgan fingerprint density at radius 3 is 3.00 bits per heavy atom. The number of nitrogens with one attached hydrogen (secondary N) is 1. The highest BCUT2D eigenvalue weighted by atomic mass is 32.1. The second kappa shape index (κ2) is 5.93. The smallest absolute Gasteiger partial charge is 0.165 e. The average Bonchev–Trinajstić information content (AvgIpc) is 2.85. The second-order valence-corrected chi connectivity index (χ2v) is 4.63. The number of methoxy groups -OCH3 is 1. The van der Waals surface area contributed by atoms with Gasteiger partial charge in [-0.1, -0.05) is 6.92 Å². The quantitative estimate of drug-likeness (QED) is 0.903. The molecule has 0 unspecified atom stereocenters. The number of ether oxygens (including phenoxy) is 1. The minimum absolute atomic E-state index is 0.246. The molecule has 1 N–H and O–H groups in total. The van der Waals surface area contributed by atoms with E-state index in [1.165, 1.54) is 13.2 Å². The number of nitrogens with zero attached hydrogens (tertiary/aromatic N) is 1. The van der Waals surface area contributed by atoms with Crippen LogP contribution in [0.15, 0.2) is 23.6 Å². The van der Waals surface area contributed by atoms with E-state index < -0.39 is 0 Å². The van der Waals surface area contributed by atoms with Crippen LogP contribution in [0.1, 0.15) is 12.6 Å². The molecular weight excluding hydrogens is 251 g/mol. The fraction of sp³-hybridized carbons (Fsp3) is 0.308. The Hall–Kier alpha value is -1.46. The maximum Gasteiger partial charge on any atom is 0.165 e. The third-order valence-corrected chi connectivity index (χ3v) is 3.45. The number of hydrogen-bond acceptors (Lipinski definition) is 4. The van der Waals surface area contributed by atoms with Crippen LogP contribution in [-0.2, 0) is 6.54 Å². The molecule has 0 aliphatic carbocycles. The van der Waals surface area contributed by atoms with Gasteiger partial charge in [-0.3, -0.25) is 0 Å². The molecule has 5 heteroatoms. The third kappa shape index (κ3) is 2.86.